The van der Waals surface area contributed by atoms with Crippen molar-refractivity contribution < 1.29 is 4.39 Å². The maximum atomic E-state index is 13.5. The van der Waals surface area contributed by atoms with Crippen molar-refractivity contribution in [2.75, 3.05) is 19.0 Å². The van der Waals surface area contributed by atoms with E-state index in [1.165, 1.54) is 0 Å². The van der Waals surface area contributed by atoms with Crippen molar-refractivity contribution in [3.05, 3.63) is 29.6 Å². The van der Waals surface area contributed by atoms with Crippen LogP contribution in [0.2, 0.25) is 0 Å². The first kappa shape index (κ1) is 9.46. The van der Waals surface area contributed by atoms with Crippen LogP contribution in [-0.4, -0.2) is 20.1 Å². The Bertz CT molecular complexity index is 349. The van der Waals surface area contributed by atoms with Crippen LogP contribution in [0.1, 0.15) is 17.9 Å². The molecule has 0 aliphatic heterocycles. The Morgan fingerprint density at radius 1 is 1.43 bits per heavy atom. The molecule has 1 fully saturated rings. The molecule has 0 aromatic heterocycles. The van der Waals surface area contributed by atoms with E-state index in [2.05, 4.69) is 0 Å². The molecule has 0 heterocycles. The van der Waals surface area contributed by atoms with Gasteiger partial charge in [0.15, 0.2) is 0 Å². The highest BCUT2D eigenvalue weighted by molar-refractivity contribution is 5.49. The zero-order chi connectivity index (χ0) is 10.3. The quantitative estimate of drug-likeness (QED) is 0.776. The molecule has 0 amide bonds. The molecule has 1 aliphatic carbocycles. The Kier molecular flexibility index (Phi) is 2.19. The topological polar surface area (TPSA) is 29.3 Å². The fourth-order valence-corrected chi connectivity index (χ4v) is 1.71. The molecule has 14 heavy (non-hydrogen) atoms. The first-order valence-corrected chi connectivity index (χ1v) is 4.82. The molecule has 2 atom stereocenters. The summed E-state index contributed by atoms with van der Waals surface area (Å²) < 4.78 is 13.5. The second kappa shape index (κ2) is 3.24. The van der Waals surface area contributed by atoms with E-state index < -0.39 is 0 Å². The summed E-state index contributed by atoms with van der Waals surface area (Å²) in [6.07, 6.45) is 0.987. The molecule has 76 valence electrons. The van der Waals surface area contributed by atoms with Gasteiger partial charge in [0.2, 0.25) is 0 Å². The maximum absolute atomic E-state index is 13.5. The minimum absolute atomic E-state index is 0.161. The summed E-state index contributed by atoms with van der Waals surface area (Å²) in [5.74, 6) is 0.215. The summed E-state index contributed by atoms with van der Waals surface area (Å²) in [5.41, 5.74) is 7.37. The van der Waals surface area contributed by atoms with Gasteiger partial charge in [-0.2, -0.15) is 0 Å². The Morgan fingerprint density at radius 3 is 2.50 bits per heavy atom. The van der Waals surface area contributed by atoms with Gasteiger partial charge in [0.1, 0.15) is 5.82 Å². The Balaban J connectivity index is 2.27. The van der Waals surface area contributed by atoms with E-state index >= 15 is 0 Å². The third-order valence-corrected chi connectivity index (χ3v) is 2.72. The molecule has 0 spiro atoms. The molecule has 2 nitrogen and oxygen atoms in total. The van der Waals surface area contributed by atoms with Crippen LogP contribution in [0.25, 0.3) is 0 Å². The van der Waals surface area contributed by atoms with Gasteiger partial charge in [-0.05, 0) is 24.1 Å². The van der Waals surface area contributed by atoms with Crippen LogP contribution in [0.4, 0.5) is 10.1 Å². The SMILES string of the molecule is CN(C)c1ccc(C2CC2N)cc1F. The van der Waals surface area contributed by atoms with Crippen LogP contribution >= 0.6 is 0 Å². The zero-order valence-electron chi connectivity index (χ0n) is 8.50. The maximum Gasteiger partial charge on any atom is 0.146 e. The van der Waals surface area contributed by atoms with E-state index in [1.54, 1.807) is 11.0 Å². The van der Waals surface area contributed by atoms with Crippen molar-refractivity contribution in [2.24, 2.45) is 5.73 Å². The molecular weight excluding hydrogens is 179 g/mol. The van der Waals surface area contributed by atoms with Crippen molar-refractivity contribution in [1.29, 1.82) is 0 Å². The summed E-state index contributed by atoms with van der Waals surface area (Å²) >= 11 is 0. The highest BCUT2D eigenvalue weighted by Crippen LogP contribution is 2.39. The van der Waals surface area contributed by atoms with E-state index in [0.29, 0.717) is 11.6 Å². The highest BCUT2D eigenvalue weighted by atomic mass is 19.1. The van der Waals surface area contributed by atoms with E-state index in [-0.39, 0.29) is 11.9 Å². The fraction of sp³-hybridized carbons (Fsp3) is 0.455. The first-order chi connectivity index (χ1) is 6.59. The lowest BCUT2D eigenvalue weighted by molar-refractivity contribution is 0.623. The molecule has 1 saturated carbocycles. The van der Waals surface area contributed by atoms with Gasteiger partial charge in [0, 0.05) is 26.1 Å². The van der Waals surface area contributed by atoms with Crippen molar-refractivity contribution in [3.8, 4) is 0 Å². The van der Waals surface area contributed by atoms with Gasteiger partial charge < -0.3 is 10.6 Å². The number of halogens is 1. The number of anilines is 1. The number of benzene rings is 1. The van der Waals surface area contributed by atoms with Crippen LogP contribution < -0.4 is 10.6 Å². The van der Waals surface area contributed by atoms with Crippen LogP contribution in [0, 0.1) is 5.82 Å². The molecule has 1 aliphatic rings. The van der Waals surface area contributed by atoms with Gasteiger partial charge in [-0.3, -0.25) is 0 Å². The second-order valence-electron chi connectivity index (χ2n) is 4.11. The summed E-state index contributed by atoms with van der Waals surface area (Å²) in [7, 11) is 3.67. The number of nitrogens with two attached hydrogens (primary N) is 1. The standard InChI is InChI=1S/C11H15FN2/c1-14(2)11-4-3-7(5-9(11)12)8-6-10(8)13/h3-5,8,10H,6,13H2,1-2H3. The first-order valence-electron chi connectivity index (χ1n) is 4.82. The Morgan fingerprint density at radius 2 is 2.07 bits per heavy atom. The minimum atomic E-state index is -0.161. The highest BCUT2D eigenvalue weighted by Gasteiger charge is 2.35. The number of hydrogen-bond donors (Lipinski definition) is 1. The van der Waals surface area contributed by atoms with E-state index in [9.17, 15) is 4.39 Å². The van der Waals surface area contributed by atoms with Gasteiger partial charge in [0.25, 0.3) is 0 Å². The third kappa shape index (κ3) is 1.60. The van der Waals surface area contributed by atoms with E-state index in [0.717, 1.165) is 12.0 Å². The van der Waals surface area contributed by atoms with Gasteiger partial charge in [0.05, 0.1) is 5.69 Å². The lowest BCUT2D eigenvalue weighted by Gasteiger charge is -2.14. The molecule has 0 saturated heterocycles. The average Bonchev–Trinajstić information content (AvgIpc) is 2.81. The van der Waals surface area contributed by atoms with Gasteiger partial charge in [-0.1, -0.05) is 6.07 Å². The van der Waals surface area contributed by atoms with Crippen LogP contribution in [0.5, 0.6) is 0 Å². The predicted octanol–water partition coefficient (Wildman–Crippen LogP) is 1.71. The molecule has 3 heteroatoms. The number of rotatable bonds is 2. The Labute approximate surface area is 83.5 Å². The van der Waals surface area contributed by atoms with Crippen LogP contribution in [0.3, 0.4) is 0 Å². The van der Waals surface area contributed by atoms with Crippen molar-refractivity contribution in [1.82, 2.24) is 0 Å². The van der Waals surface area contributed by atoms with E-state index in [4.69, 9.17) is 5.73 Å². The normalized spacial score (nSPS) is 24.9. The Hall–Kier alpha value is -1.09. The lowest BCUT2D eigenvalue weighted by Crippen LogP contribution is -2.11. The molecule has 2 N–H and O–H groups in total. The molecular formula is C11H15FN2. The van der Waals surface area contributed by atoms with Gasteiger partial charge in [-0.25, -0.2) is 4.39 Å². The largest absolute Gasteiger partial charge is 0.375 e. The van der Waals surface area contributed by atoms with Crippen molar-refractivity contribution in [2.45, 2.75) is 18.4 Å². The number of nitrogens with zero attached hydrogens (tertiary/aromatic N) is 1. The van der Waals surface area contributed by atoms with Crippen molar-refractivity contribution >= 4 is 5.69 Å². The van der Waals surface area contributed by atoms with E-state index in [1.807, 2.05) is 26.2 Å². The van der Waals surface area contributed by atoms with Crippen LogP contribution in [0.15, 0.2) is 18.2 Å². The van der Waals surface area contributed by atoms with Crippen molar-refractivity contribution in [3.63, 3.8) is 0 Å². The zero-order valence-corrected chi connectivity index (χ0v) is 8.50. The summed E-state index contributed by atoms with van der Waals surface area (Å²) in [6, 6.07) is 5.62. The fourth-order valence-electron chi connectivity index (χ4n) is 1.71. The molecule has 1 aromatic rings. The summed E-state index contributed by atoms with van der Waals surface area (Å²) in [4.78, 5) is 1.77. The monoisotopic (exact) mass is 194 g/mol. The summed E-state index contributed by atoms with van der Waals surface area (Å²) in [5, 5.41) is 0. The summed E-state index contributed by atoms with van der Waals surface area (Å²) in [6.45, 7) is 0. The van der Waals surface area contributed by atoms with Gasteiger partial charge >= 0.3 is 0 Å². The lowest BCUT2D eigenvalue weighted by atomic mass is 10.1. The van der Waals surface area contributed by atoms with Gasteiger partial charge in [-0.15, -0.1) is 0 Å². The predicted molar refractivity (Wildman–Crippen MR) is 56.1 cm³/mol. The molecule has 0 bridgehead atoms. The molecule has 0 radical (unpaired) electrons. The average molecular weight is 194 g/mol. The third-order valence-electron chi connectivity index (χ3n) is 2.72. The molecule has 2 unspecified atom stereocenters. The second-order valence-corrected chi connectivity index (χ2v) is 4.11. The minimum Gasteiger partial charge on any atom is -0.375 e. The molecule has 1 aromatic carbocycles. The number of hydrogen-bond acceptors (Lipinski definition) is 2. The van der Waals surface area contributed by atoms with Crippen LogP contribution in [-0.2, 0) is 0 Å². The molecule has 2 rings (SSSR count). The smallest absolute Gasteiger partial charge is 0.146 e.